The number of hydrogen-bond donors (Lipinski definition) is 1. The molecule has 1 unspecified atom stereocenters. The number of nitrogens with two attached hydrogens (primary N) is 1. The zero-order chi connectivity index (χ0) is 16.3. The van der Waals surface area contributed by atoms with E-state index < -0.39 is 17.3 Å². The van der Waals surface area contributed by atoms with E-state index in [2.05, 4.69) is 20.9 Å². The minimum atomic E-state index is -1.02. The highest BCUT2D eigenvalue weighted by Crippen LogP contribution is 2.26. The van der Waals surface area contributed by atoms with Crippen molar-refractivity contribution >= 4 is 21.9 Å². The minimum absolute atomic E-state index is 0.147. The Balaban J connectivity index is 2.31. The molecule has 0 radical (unpaired) electrons. The number of esters is 1. The first kappa shape index (κ1) is 16.6. The second-order valence-corrected chi connectivity index (χ2v) is 6.06. The van der Waals surface area contributed by atoms with E-state index in [1.807, 2.05) is 0 Å². The van der Waals surface area contributed by atoms with Crippen molar-refractivity contribution in [1.82, 2.24) is 9.55 Å². The van der Waals surface area contributed by atoms with Crippen LogP contribution >= 0.6 is 15.9 Å². The molecule has 118 valence electrons. The van der Waals surface area contributed by atoms with E-state index >= 15 is 0 Å². The van der Waals surface area contributed by atoms with E-state index in [9.17, 15) is 9.18 Å². The number of rotatable bonds is 5. The van der Waals surface area contributed by atoms with Crippen LogP contribution < -0.4 is 5.73 Å². The number of ether oxygens (including phenoxy) is 1. The quantitative estimate of drug-likeness (QED) is 0.822. The molecule has 0 bridgehead atoms. The predicted molar refractivity (Wildman–Crippen MR) is 83.8 cm³/mol. The molecule has 2 aromatic rings. The summed E-state index contributed by atoms with van der Waals surface area (Å²) in [7, 11) is 0. The molecule has 22 heavy (non-hydrogen) atoms. The number of carbonyl (C=O) groups excluding carboxylic acids is 1. The smallest absolute Gasteiger partial charge is 0.374 e. The van der Waals surface area contributed by atoms with E-state index in [-0.39, 0.29) is 19.0 Å². The normalized spacial score (nSPS) is 13.7. The number of imidazole rings is 1. The van der Waals surface area contributed by atoms with Gasteiger partial charge in [0.2, 0.25) is 5.82 Å². The summed E-state index contributed by atoms with van der Waals surface area (Å²) >= 11 is 3.31. The van der Waals surface area contributed by atoms with E-state index in [0.717, 1.165) is 4.47 Å². The van der Waals surface area contributed by atoms with Crippen LogP contribution in [0.5, 0.6) is 0 Å². The Morgan fingerprint density at radius 1 is 1.55 bits per heavy atom. The van der Waals surface area contributed by atoms with Gasteiger partial charge in [0.25, 0.3) is 0 Å². The van der Waals surface area contributed by atoms with Gasteiger partial charge in [0, 0.05) is 29.0 Å². The highest BCUT2D eigenvalue weighted by Gasteiger charge is 2.28. The van der Waals surface area contributed by atoms with Gasteiger partial charge in [-0.05, 0) is 32.0 Å². The summed E-state index contributed by atoms with van der Waals surface area (Å²) < 4.78 is 21.3. The van der Waals surface area contributed by atoms with Gasteiger partial charge in [-0.3, -0.25) is 0 Å². The standard InChI is InChI=1S/C15H17BrFN3O2/c1-3-22-14(21)13-19-6-7-20(13)9-15(2,18)11-8-10(16)4-5-12(11)17/h4-8H,3,9,18H2,1-2H3. The molecule has 2 N–H and O–H groups in total. The molecule has 2 rings (SSSR count). The van der Waals surface area contributed by atoms with Crippen LogP contribution in [0.15, 0.2) is 35.1 Å². The van der Waals surface area contributed by atoms with E-state index in [1.165, 1.54) is 12.3 Å². The Morgan fingerprint density at radius 3 is 2.95 bits per heavy atom. The van der Waals surface area contributed by atoms with Gasteiger partial charge in [-0.1, -0.05) is 15.9 Å². The van der Waals surface area contributed by atoms with Gasteiger partial charge in [0.1, 0.15) is 5.82 Å². The molecule has 7 heteroatoms. The molecule has 1 atom stereocenters. The lowest BCUT2D eigenvalue weighted by molar-refractivity contribution is 0.0505. The number of nitrogens with zero attached hydrogens (tertiary/aromatic N) is 2. The molecule has 0 amide bonds. The molecule has 1 heterocycles. The van der Waals surface area contributed by atoms with E-state index in [1.54, 1.807) is 36.7 Å². The molecule has 5 nitrogen and oxygen atoms in total. The average molecular weight is 370 g/mol. The topological polar surface area (TPSA) is 70.1 Å². The summed E-state index contributed by atoms with van der Waals surface area (Å²) in [6.07, 6.45) is 3.10. The third-order valence-corrected chi connectivity index (χ3v) is 3.71. The third-order valence-electron chi connectivity index (χ3n) is 3.22. The van der Waals surface area contributed by atoms with Crippen LogP contribution in [0.2, 0.25) is 0 Å². The maximum Gasteiger partial charge on any atom is 0.374 e. The van der Waals surface area contributed by atoms with Crippen LogP contribution in [0.1, 0.15) is 30.0 Å². The van der Waals surface area contributed by atoms with Crippen molar-refractivity contribution in [2.24, 2.45) is 5.73 Å². The van der Waals surface area contributed by atoms with Crippen LogP contribution in [0.3, 0.4) is 0 Å². The molecule has 0 aliphatic rings. The Morgan fingerprint density at radius 2 is 2.27 bits per heavy atom. The average Bonchev–Trinajstić information content (AvgIpc) is 2.89. The SMILES string of the molecule is CCOC(=O)c1nccn1CC(C)(N)c1cc(Br)ccc1F. The number of carbonyl (C=O) groups is 1. The molecule has 0 aliphatic heterocycles. The molecular weight excluding hydrogens is 353 g/mol. The molecular formula is C15H17BrFN3O2. The number of halogens is 2. The Bertz CT molecular complexity index is 685. The summed E-state index contributed by atoms with van der Waals surface area (Å²) in [6, 6.07) is 4.59. The summed E-state index contributed by atoms with van der Waals surface area (Å²) in [5, 5.41) is 0. The molecule has 1 aromatic carbocycles. The first-order valence-electron chi connectivity index (χ1n) is 6.78. The van der Waals surface area contributed by atoms with Crippen LogP contribution in [-0.2, 0) is 16.8 Å². The maximum atomic E-state index is 14.1. The first-order valence-corrected chi connectivity index (χ1v) is 7.57. The van der Waals surface area contributed by atoms with Crippen LogP contribution in [0.4, 0.5) is 4.39 Å². The summed E-state index contributed by atoms with van der Waals surface area (Å²) in [5.41, 5.74) is 5.61. The molecule has 1 aromatic heterocycles. The molecule has 0 fully saturated rings. The first-order chi connectivity index (χ1) is 10.3. The van der Waals surface area contributed by atoms with Crippen molar-refractivity contribution < 1.29 is 13.9 Å². The summed E-state index contributed by atoms with van der Waals surface area (Å²) in [4.78, 5) is 15.8. The van der Waals surface area contributed by atoms with Crippen molar-refractivity contribution in [1.29, 1.82) is 0 Å². The van der Waals surface area contributed by atoms with Gasteiger partial charge < -0.3 is 15.0 Å². The Labute approximate surface area is 136 Å². The number of benzene rings is 1. The monoisotopic (exact) mass is 369 g/mol. The van der Waals surface area contributed by atoms with Crippen molar-refractivity contribution in [3.8, 4) is 0 Å². The van der Waals surface area contributed by atoms with E-state index in [0.29, 0.717) is 5.56 Å². The molecule has 0 saturated carbocycles. The number of aromatic nitrogens is 2. The van der Waals surface area contributed by atoms with Crippen molar-refractivity contribution in [3.63, 3.8) is 0 Å². The Hall–Kier alpha value is -1.73. The highest BCUT2D eigenvalue weighted by molar-refractivity contribution is 9.10. The summed E-state index contributed by atoms with van der Waals surface area (Å²) in [5.74, 6) is -0.780. The fourth-order valence-electron chi connectivity index (χ4n) is 2.20. The lowest BCUT2D eigenvalue weighted by Crippen LogP contribution is -2.39. The summed E-state index contributed by atoms with van der Waals surface area (Å²) in [6.45, 7) is 3.86. The molecule has 0 saturated heterocycles. The molecule has 0 aliphatic carbocycles. The van der Waals surface area contributed by atoms with Crippen molar-refractivity contribution in [3.05, 3.63) is 52.3 Å². The van der Waals surface area contributed by atoms with Crippen LogP contribution in [-0.4, -0.2) is 22.1 Å². The minimum Gasteiger partial charge on any atom is -0.460 e. The van der Waals surface area contributed by atoms with Crippen LogP contribution in [0.25, 0.3) is 0 Å². The fraction of sp³-hybridized carbons (Fsp3) is 0.333. The lowest BCUT2D eigenvalue weighted by atomic mass is 9.92. The van der Waals surface area contributed by atoms with Gasteiger partial charge in [-0.2, -0.15) is 0 Å². The van der Waals surface area contributed by atoms with E-state index in [4.69, 9.17) is 10.5 Å². The molecule has 0 spiro atoms. The number of hydrogen-bond acceptors (Lipinski definition) is 4. The van der Waals surface area contributed by atoms with Gasteiger partial charge in [0.15, 0.2) is 0 Å². The van der Waals surface area contributed by atoms with Gasteiger partial charge in [-0.15, -0.1) is 0 Å². The van der Waals surface area contributed by atoms with Crippen molar-refractivity contribution in [2.75, 3.05) is 6.61 Å². The second kappa shape index (κ2) is 6.58. The van der Waals surface area contributed by atoms with Gasteiger partial charge in [-0.25, -0.2) is 14.2 Å². The third kappa shape index (κ3) is 3.53. The largest absolute Gasteiger partial charge is 0.460 e. The Kier molecular flexibility index (Phi) is 4.97. The second-order valence-electron chi connectivity index (χ2n) is 5.14. The predicted octanol–water partition coefficient (Wildman–Crippen LogP) is 2.84. The zero-order valence-electron chi connectivity index (χ0n) is 12.3. The zero-order valence-corrected chi connectivity index (χ0v) is 13.9. The fourth-order valence-corrected chi connectivity index (χ4v) is 2.56. The van der Waals surface area contributed by atoms with Gasteiger partial charge in [0.05, 0.1) is 12.1 Å². The highest BCUT2D eigenvalue weighted by atomic mass is 79.9. The van der Waals surface area contributed by atoms with Crippen molar-refractivity contribution in [2.45, 2.75) is 25.9 Å². The maximum absolute atomic E-state index is 14.1. The lowest BCUT2D eigenvalue weighted by Gasteiger charge is -2.27. The van der Waals surface area contributed by atoms with Crippen LogP contribution in [0, 0.1) is 5.82 Å². The van der Waals surface area contributed by atoms with Gasteiger partial charge >= 0.3 is 5.97 Å².